The first kappa shape index (κ1) is 37.0. The van der Waals surface area contributed by atoms with Crippen LogP contribution in [0.2, 0.25) is 0 Å². The van der Waals surface area contributed by atoms with E-state index in [4.69, 9.17) is 0 Å². The molecule has 39 heavy (non-hydrogen) atoms. The number of pyridine rings is 1. The van der Waals surface area contributed by atoms with E-state index in [1.807, 2.05) is 95.7 Å². The number of aromatic nitrogens is 1. The molecule has 1 heterocycles. The monoisotopic (exact) mass is 554 g/mol. The number of anilines is 1. The largest absolute Gasteiger partial charge is 1.00 e. The number of hydrogen-bond donors (Lipinski definition) is 2. The van der Waals surface area contributed by atoms with Crippen LogP contribution in [0, 0.1) is 19.7 Å². The number of allylic oxidation sites excluding steroid dienone is 2. The van der Waals surface area contributed by atoms with Crippen molar-refractivity contribution in [3.63, 3.8) is 0 Å². The normalized spacial score (nSPS) is 12.3. The van der Waals surface area contributed by atoms with E-state index in [0.29, 0.717) is 5.56 Å². The molecule has 0 fully saturated rings. The number of aliphatic imine (C=N–C) groups is 1. The molecule has 1 amide bonds. The van der Waals surface area contributed by atoms with Crippen LogP contribution < -0.4 is 62.0 Å². The molecule has 0 bridgehead atoms. The molecule has 0 radical (unpaired) electrons. The maximum Gasteiger partial charge on any atom is 1.00 e. The maximum atomic E-state index is 12.8. The van der Waals surface area contributed by atoms with Crippen LogP contribution in [-0.4, -0.2) is 35.6 Å². The van der Waals surface area contributed by atoms with Crippen LogP contribution in [0.25, 0.3) is 6.08 Å². The van der Waals surface area contributed by atoms with E-state index in [1.54, 1.807) is 12.4 Å². The van der Waals surface area contributed by atoms with Crippen LogP contribution in [0.4, 0.5) is 5.69 Å². The van der Waals surface area contributed by atoms with E-state index in [1.165, 1.54) is 0 Å². The molecule has 2 N–H and O–H groups in total. The van der Waals surface area contributed by atoms with Gasteiger partial charge in [-0.3, -0.25) is 9.78 Å². The number of carbonyl (C=O) groups is 1. The molecule has 0 aliphatic carbocycles. The molecule has 6 nitrogen and oxygen atoms in total. The van der Waals surface area contributed by atoms with Gasteiger partial charge in [0.25, 0.3) is 5.91 Å². The van der Waals surface area contributed by atoms with Gasteiger partial charge in [-0.15, -0.1) is 12.7 Å². The van der Waals surface area contributed by atoms with Gasteiger partial charge in [0, 0.05) is 17.9 Å². The Bertz CT molecular complexity index is 1110. The average Bonchev–Trinajstić information content (AvgIpc) is 2.91. The Hall–Kier alpha value is -2.00. The van der Waals surface area contributed by atoms with Crippen molar-refractivity contribution in [3.05, 3.63) is 96.1 Å². The molecule has 2 rings (SSSR count). The van der Waals surface area contributed by atoms with Crippen molar-refractivity contribution in [1.29, 1.82) is 0 Å². The first-order chi connectivity index (χ1) is 18.3. The fourth-order valence-corrected chi connectivity index (χ4v) is 3.31. The number of rotatable bonds is 13. The summed E-state index contributed by atoms with van der Waals surface area (Å²) < 4.78 is 0. The second kappa shape index (κ2) is 21.8. The zero-order valence-corrected chi connectivity index (χ0v) is 28.5. The van der Waals surface area contributed by atoms with E-state index in [0.717, 1.165) is 47.5 Å². The fourth-order valence-electron chi connectivity index (χ4n) is 3.31. The van der Waals surface area contributed by atoms with Gasteiger partial charge in [0.2, 0.25) is 0 Å². The summed E-state index contributed by atoms with van der Waals surface area (Å²) in [5.41, 5.74) is 5.00. The molecule has 0 aliphatic rings. The van der Waals surface area contributed by atoms with Gasteiger partial charge in [-0.25, -0.2) is 0 Å². The van der Waals surface area contributed by atoms with Gasteiger partial charge in [-0.05, 0) is 69.8 Å². The Balaban J connectivity index is 0.00000470. The molecular weight excluding hydrogens is 509 g/mol. The minimum absolute atomic E-state index is 0. The van der Waals surface area contributed by atoms with Gasteiger partial charge >= 0.3 is 51.4 Å². The second-order valence-corrected chi connectivity index (χ2v) is 8.79. The van der Waals surface area contributed by atoms with Crippen molar-refractivity contribution >= 4 is 23.4 Å². The zero-order valence-electron chi connectivity index (χ0n) is 25.4. The maximum absolute atomic E-state index is 12.8. The average molecular weight is 555 g/mol. The SMILES string of the molecule is CC.CC/C=C/C([CH-]N(C)C)=NC=[C-]NC(C)c1cccc(NC(=O)c2cnc(/C=C\CCC)c(C)c2)c1.[K+]. The number of nitrogens with zero attached hydrogens (tertiary/aromatic N) is 3. The van der Waals surface area contributed by atoms with E-state index in [-0.39, 0.29) is 63.3 Å². The summed E-state index contributed by atoms with van der Waals surface area (Å²) in [6.07, 6.45) is 17.5. The first-order valence-electron chi connectivity index (χ1n) is 13.5. The molecule has 0 spiro atoms. The second-order valence-electron chi connectivity index (χ2n) is 8.79. The number of carbonyl (C=O) groups excluding carboxylic acids is 1. The van der Waals surface area contributed by atoms with Crippen molar-refractivity contribution < 1.29 is 56.2 Å². The number of amides is 1. The Morgan fingerprint density at radius 2 is 1.95 bits per heavy atom. The van der Waals surface area contributed by atoms with Gasteiger partial charge in [0.05, 0.1) is 11.3 Å². The molecule has 1 unspecified atom stereocenters. The Labute approximate surface area is 279 Å². The van der Waals surface area contributed by atoms with Crippen LogP contribution in [0.1, 0.15) is 87.1 Å². The molecule has 0 saturated heterocycles. The molecule has 1 aromatic heterocycles. The van der Waals surface area contributed by atoms with Gasteiger partial charge in [0.1, 0.15) is 0 Å². The summed E-state index contributed by atoms with van der Waals surface area (Å²) in [6, 6.07) is 9.63. The molecular formula is C32H45KN5O-. The van der Waals surface area contributed by atoms with E-state index >= 15 is 0 Å². The summed E-state index contributed by atoms with van der Waals surface area (Å²) in [6.45, 7) is 14.2. The van der Waals surface area contributed by atoms with Crippen molar-refractivity contribution in [2.75, 3.05) is 19.4 Å². The predicted octanol–water partition coefficient (Wildman–Crippen LogP) is 4.54. The minimum atomic E-state index is -0.182. The third-order valence-electron chi connectivity index (χ3n) is 5.25. The zero-order chi connectivity index (χ0) is 28.3. The van der Waals surface area contributed by atoms with E-state index in [2.05, 4.69) is 52.8 Å². The third kappa shape index (κ3) is 14.8. The van der Waals surface area contributed by atoms with Gasteiger partial charge in [0.15, 0.2) is 0 Å². The first-order valence-corrected chi connectivity index (χ1v) is 13.5. The predicted molar refractivity (Wildman–Crippen MR) is 163 cm³/mol. The van der Waals surface area contributed by atoms with Gasteiger partial charge < -0.3 is 26.7 Å². The summed E-state index contributed by atoms with van der Waals surface area (Å²) in [4.78, 5) is 23.7. The molecule has 1 atom stereocenters. The van der Waals surface area contributed by atoms with Crippen LogP contribution in [0.15, 0.2) is 65.9 Å². The summed E-state index contributed by atoms with van der Waals surface area (Å²) in [7, 11) is 3.93. The number of hydrogen-bond acceptors (Lipinski definition) is 5. The van der Waals surface area contributed by atoms with Crippen LogP contribution in [-0.2, 0) is 0 Å². The van der Waals surface area contributed by atoms with Crippen molar-refractivity contribution in [1.82, 2.24) is 15.2 Å². The third-order valence-corrected chi connectivity index (χ3v) is 5.25. The fraction of sp³-hybridized carbons (Fsp3) is 0.375. The molecule has 2 aromatic rings. The van der Waals surface area contributed by atoms with Crippen molar-refractivity contribution in [2.24, 2.45) is 4.99 Å². The number of benzene rings is 1. The molecule has 1 aromatic carbocycles. The Morgan fingerprint density at radius 1 is 1.21 bits per heavy atom. The summed E-state index contributed by atoms with van der Waals surface area (Å²) in [5.74, 6) is -0.182. The number of unbranched alkanes of at least 4 members (excludes halogenated alkanes) is 1. The number of nitrogens with one attached hydrogen (secondary N) is 2. The Kier molecular flexibility index (Phi) is 20.7. The molecule has 0 saturated carbocycles. The Morgan fingerprint density at radius 3 is 2.59 bits per heavy atom. The van der Waals surface area contributed by atoms with Crippen LogP contribution in [0.3, 0.4) is 0 Å². The topological polar surface area (TPSA) is 69.6 Å². The minimum Gasteiger partial charge on any atom is -0.560 e. The number of aryl methyl sites for hydroxylation is 1. The molecule has 7 heteroatoms. The van der Waals surface area contributed by atoms with Gasteiger partial charge in [-0.2, -0.15) is 12.2 Å². The van der Waals surface area contributed by atoms with Crippen LogP contribution in [0.5, 0.6) is 0 Å². The quantitative estimate of drug-likeness (QED) is 0.165. The van der Waals surface area contributed by atoms with E-state index in [9.17, 15) is 4.79 Å². The molecule has 206 valence electrons. The molecule has 0 aliphatic heterocycles. The smallest absolute Gasteiger partial charge is 0.560 e. The standard InChI is InChI=1S/C30H39N5O.C2H6.K/c1-7-9-11-16-29-23(3)19-26(21-33-29)30(36)34-27-15-12-13-25(20-27)24(4)31-17-18-32-28(14-10-8-2)22-35(5)6;1-2;/h10-16,18-22,24,31H,7-9H2,1-6H3,(H,34,36);1-2H3;/q-2;;+1/b14-10+,16-11-,32-28?;;. The summed E-state index contributed by atoms with van der Waals surface area (Å²) >= 11 is 0. The van der Waals surface area contributed by atoms with Crippen molar-refractivity contribution in [3.8, 4) is 0 Å². The summed E-state index contributed by atoms with van der Waals surface area (Å²) in [5, 5.41) is 6.20. The van der Waals surface area contributed by atoms with Gasteiger partial charge in [-0.1, -0.05) is 64.5 Å². The van der Waals surface area contributed by atoms with Crippen LogP contribution >= 0.6 is 0 Å². The van der Waals surface area contributed by atoms with E-state index < -0.39 is 0 Å². The van der Waals surface area contributed by atoms with Crippen molar-refractivity contribution in [2.45, 2.75) is 66.8 Å².